The van der Waals surface area contributed by atoms with Crippen molar-refractivity contribution in [3.8, 4) is 5.82 Å². The second-order valence-corrected chi connectivity index (χ2v) is 6.00. The molecule has 0 saturated carbocycles. The van der Waals surface area contributed by atoms with Crippen LogP contribution in [-0.4, -0.2) is 56.4 Å². The van der Waals surface area contributed by atoms with Gasteiger partial charge in [-0.1, -0.05) is 41.6 Å². The molecule has 0 radical (unpaired) electrons. The number of nitrogens with one attached hydrogen (secondary N) is 1. The van der Waals surface area contributed by atoms with Gasteiger partial charge in [-0.2, -0.15) is 9.78 Å². The average Bonchev–Trinajstić information content (AvgIpc) is 3.27. The van der Waals surface area contributed by atoms with E-state index in [0.29, 0.717) is 12.2 Å². The fourth-order valence-electron chi connectivity index (χ4n) is 2.34. The summed E-state index contributed by atoms with van der Waals surface area (Å²) in [5.41, 5.74) is 9.74. The molecule has 3 aromatic rings. The third-order valence-corrected chi connectivity index (χ3v) is 3.56. The van der Waals surface area contributed by atoms with Gasteiger partial charge in [-0.05, 0) is 36.0 Å². The smallest absolute Gasteiger partial charge is 0.293 e. The molecular formula is C17H19N9O2. The largest absolute Gasteiger partial charge is 0.378 e. The van der Waals surface area contributed by atoms with Gasteiger partial charge >= 0.3 is 0 Å². The van der Waals surface area contributed by atoms with Crippen LogP contribution in [0.1, 0.15) is 21.7 Å². The Morgan fingerprint density at radius 2 is 2.11 bits per heavy atom. The van der Waals surface area contributed by atoms with Gasteiger partial charge in [0.05, 0.1) is 5.69 Å². The molecule has 1 amide bonds. The van der Waals surface area contributed by atoms with Crippen LogP contribution in [0.25, 0.3) is 11.9 Å². The van der Waals surface area contributed by atoms with E-state index in [1.54, 1.807) is 6.08 Å². The first-order valence-electron chi connectivity index (χ1n) is 8.29. The molecule has 0 saturated heterocycles. The van der Waals surface area contributed by atoms with E-state index in [2.05, 4.69) is 35.8 Å². The summed E-state index contributed by atoms with van der Waals surface area (Å²) in [6, 6.07) is 9.72. The quantitative estimate of drug-likeness (QED) is 0.451. The lowest BCUT2D eigenvalue weighted by molar-refractivity contribution is 0.0948. The normalized spacial score (nSPS) is 11.7. The first kappa shape index (κ1) is 18.9. The number of nitrogen functional groups attached to an aromatic ring is 1. The molecule has 0 aliphatic heterocycles. The second kappa shape index (κ2) is 8.68. The average molecular weight is 381 g/mol. The Bertz CT molecular complexity index is 989. The minimum absolute atomic E-state index is 0.0425. The third kappa shape index (κ3) is 4.45. The van der Waals surface area contributed by atoms with Crippen LogP contribution in [0.15, 0.2) is 46.1 Å². The van der Waals surface area contributed by atoms with Crippen molar-refractivity contribution < 1.29 is 9.42 Å². The molecule has 0 aliphatic rings. The zero-order valence-corrected chi connectivity index (χ0v) is 15.4. The first-order chi connectivity index (χ1) is 13.6. The number of carbonyl (C=O) groups is 1. The standard InChI is InChI=1S/C17H19N9O2/c1-25(2)11-13-14(20-24-26(13)16-15(18)22-28-23-16)17(27)21-19-10-6-9-12-7-4-3-5-8-12/h3-10H,11H2,1-2H3,(H2,18,22)(H,21,27)/b9-6+,19-10+. The van der Waals surface area contributed by atoms with Crippen LogP contribution in [-0.2, 0) is 6.54 Å². The zero-order valence-electron chi connectivity index (χ0n) is 15.4. The molecule has 2 heterocycles. The molecule has 0 unspecified atom stereocenters. The highest BCUT2D eigenvalue weighted by Gasteiger charge is 2.24. The van der Waals surface area contributed by atoms with E-state index in [0.717, 1.165) is 5.56 Å². The van der Waals surface area contributed by atoms with Gasteiger partial charge in [-0.25, -0.2) is 10.1 Å². The summed E-state index contributed by atoms with van der Waals surface area (Å²) < 4.78 is 5.92. The Morgan fingerprint density at radius 1 is 1.32 bits per heavy atom. The summed E-state index contributed by atoms with van der Waals surface area (Å²) in [6.07, 6.45) is 5.05. The molecular weight excluding hydrogens is 362 g/mol. The Hall–Kier alpha value is -3.86. The Morgan fingerprint density at radius 3 is 2.79 bits per heavy atom. The van der Waals surface area contributed by atoms with E-state index in [-0.39, 0.29) is 17.3 Å². The lowest BCUT2D eigenvalue weighted by atomic mass is 10.2. The summed E-state index contributed by atoms with van der Waals surface area (Å²) in [7, 11) is 3.69. The second-order valence-electron chi connectivity index (χ2n) is 6.00. The summed E-state index contributed by atoms with van der Waals surface area (Å²) in [5.74, 6) is -0.305. The van der Waals surface area contributed by atoms with Crippen molar-refractivity contribution in [2.45, 2.75) is 6.54 Å². The predicted molar refractivity (Wildman–Crippen MR) is 102 cm³/mol. The molecule has 28 heavy (non-hydrogen) atoms. The highest BCUT2D eigenvalue weighted by Crippen LogP contribution is 2.16. The van der Waals surface area contributed by atoms with Crippen LogP contribution >= 0.6 is 0 Å². The summed E-state index contributed by atoms with van der Waals surface area (Å²) >= 11 is 0. The lowest BCUT2D eigenvalue weighted by Crippen LogP contribution is -2.23. The van der Waals surface area contributed by atoms with Crippen LogP contribution in [0.4, 0.5) is 5.82 Å². The summed E-state index contributed by atoms with van der Waals surface area (Å²) in [4.78, 5) is 14.3. The van der Waals surface area contributed by atoms with Gasteiger partial charge in [0.15, 0.2) is 5.69 Å². The van der Waals surface area contributed by atoms with E-state index < -0.39 is 5.91 Å². The van der Waals surface area contributed by atoms with Gasteiger partial charge < -0.3 is 10.6 Å². The van der Waals surface area contributed by atoms with Crippen LogP contribution in [0, 0.1) is 0 Å². The maximum atomic E-state index is 12.5. The molecule has 1 aromatic carbocycles. The Kier molecular flexibility index (Phi) is 5.87. The van der Waals surface area contributed by atoms with Gasteiger partial charge in [0.2, 0.25) is 11.6 Å². The summed E-state index contributed by atoms with van der Waals surface area (Å²) in [6.45, 7) is 0.361. The number of aromatic nitrogens is 5. The number of hydrogen-bond donors (Lipinski definition) is 2. The van der Waals surface area contributed by atoms with Crippen molar-refractivity contribution in [3.63, 3.8) is 0 Å². The van der Waals surface area contributed by atoms with E-state index >= 15 is 0 Å². The van der Waals surface area contributed by atoms with E-state index in [1.165, 1.54) is 10.9 Å². The maximum absolute atomic E-state index is 12.5. The van der Waals surface area contributed by atoms with Gasteiger partial charge in [0, 0.05) is 12.8 Å². The molecule has 0 aliphatic carbocycles. The fourth-order valence-corrected chi connectivity index (χ4v) is 2.34. The number of hydrogen-bond acceptors (Lipinski definition) is 9. The number of nitrogens with two attached hydrogens (primary N) is 1. The molecule has 0 atom stereocenters. The molecule has 0 fully saturated rings. The van der Waals surface area contributed by atoms with Gasteiger partial charge in [-0.3, -0.25) is 4.79 Å². The molecule has 0 spiro atoms. The highest BCUT2D eigenvalue weighted by atomic mass is 16.6. The maximum Gasteiger partial charge on any atom is 0.293 e. The van der Waals surface area contributed by atoms with Gasteiger partial charge in [-0.15, -0.1) is 5.10 Å². The van der Waals surface area contributed by atoms with E-state index in [4.69, 9.17) is 5.73 Å². The Labute approximate surface area is 160 Å². The SMILES string of the molecule is CN(C)Cc1c(C(=O)N/N=C/C=C/c2ccccc2)nnn1-c1nonc1N. The highest BCUT2D eigenvalue weighted by molar-refractivity contribution is 5.94. The number of benzene rings is 1. The fraction of sp³-hybridized carbons (Fsp3) is 0.176. The van der Waals surface area contributed by atoms with E-state index in [9.17, 15) is 4.79 Å². The van der Waals surface area contributed by atoms with Crippen molar-refractivity contribution in [1.29, 1.82) is 0 Å². The number of rotatable bonds is 7. The third-order valence-electron chi connectivity index (χ3n) is 3.56. The summed E-state index contributed by atoms with van der Waals surface area (Å²) in [5, 5.41) is 19.0. The van der Waals surface area contributed by atoms with Crippen molar-refractivity contribution in [1.82, 2.24) is 35.6 Å². The molecule has 3 rings (SSSR count). The predicted octanol–water partition coefficient (Wildman–Crippen LogP) is 0.723. The Balaban J connectivity index is 1.74. The van der Waals surface area contributed by atoms with Crippen LogP contribution in [0.3, 0.4) is 0 Å². The van der Waals surface area contributed by atoms with Crippen LogP contribution in [0.5, 0.6) is 0 Å². The van der Waals surface area contributed by atoms with Crippen LogP contribution < -0.4 is 11.2 Å². The molecule has 144 valence electrons. The number of nitrogens with zero attached hydrogens (tertiary/aromatic N) is 7. The van der Waals surface area contributed by atoms with Gasteiger partial charge in [0.25, 0.3) is 5.91 Å². The van der Waals surface area contributed by atoms with Gasteiger partial charge in [0.1, 0.15) is 0 Å². The number of allylic oxidation sites excluding steroid dienone is 1. The molecule has 11 heteroatoms. The van der Waals surface area contributed by atoms with Crippen molar-refractivity contribution in [2.24, 2.45) is 5.10 Å². The monoisotopic (exact) mass is 381 g/mol. The zero-order chi connectivity index (χ0) is 19.9. The topological polar surface area (TPSA) is 140 Å². The van der Waals surface area contributed by atoms with Crippen molar-refractivity contribution >= 4 is 24.0 Å². The molecule has 2 aromatic heterocycles. The van der Waals surface area contributed by atoms with E-state index in [1.807, 2.05) is 55.4 Å². The number of amides is 1. The van der Waals surface area contributed by atoms with Crippen molar-refractivity contribution in [2.75, 3.05) is 19.8 Å². The number of carbonyl (C=O) groups excluding carboxylic acids is 1. The number of anilines is 1. The molecule has 3 N–H and O–H groups in total. The van der Waals surface area contributed by atoms with Crippen molar-refractivity contribution in [3.05, 3.63) is 53.4 Å². The minimum Gasteiger partial charge on any atom is -0.378 e. The first-order valence-corrected chi connectivity index (χ1v) is 8.29. The van der Waals surface area contributed by atoms with Crippen LogP contribution in [0.2, 0.25) is 0 Å². The molecule has 11 nitrogen and oxygen atoms in total. The minimum atomic E-state index is -0.512. The lowest BCUT2D eigenvalue weighted by Gasteiger charge is -2.10. The molecule has 0 bridgehead atoms. The number of hydrazone groups is 1.